The Hall–Kier alpha value is -0.0800. The van der Waals surface area contributed by atoms with E-state index in [4.69, 9.17) is 0 Å². The molecule has 0 aromatic carbocycles. The Balaban J connectivity index is 1.47. The van der Waals surface area contributed by atoms with E-state index in [0.717, 1.165) is 67.6 Å². The van der Waals surface area contributed by atoms with Crippen LogP contribution in [0, 0.1) is 46.3 Å². The molecule has 2 heteroatoms. The maximum absolute atomic E-state index is 11.0. The number of aliphatic hydroxyl groups is 2. The van der Waals surface area contributed by atoms with Gasteiger partial charge in [-0.1, -0.05) is 34.6 Å². The van der Waals surface area contributed by atoms with E-state index in [1.165, 1.54) is 51.4 Å². The van der Waals surface area contributed by atoms with Crippen molar-refractivity contribution >= 4 is 0 Å². The minimum atomic E-state index is -0.378. The van der Waals surface area contributed by atoms with Crippen molar-refractivity contribution in [2.45, 2.75) is 130 Å². The molecule has 1 unspecified atom stereocenters. The van der Waals surface area contributed by atoms with Crippen molar-refractivity contribution in [1.82, 2.24) is 0 Å². The van der Waals surface area contributed by atoms with Crippen molar-refractivity contribution in [1.29, 1.82) is 0 Å². The lowest BCUT2D eigenvalue weighted by Gasteiger charge is -2.62. The van der Waals surface area contributed by atoms with Gasteiger partial charge in [-0.3, -0.25) is 0 Å². The molecule has 4 aliphatic rings. The Labute approximate surface area is 186 Å². The highest BCUT2D eigenvalue weighted by Gasteiger charge is 2.61. The highest BCUT2D eigenvalue weighted by atomic mass is 16.3. The van der Waals surface area contributed by atoms with Gasteiger partial charge in [-0.25, -0.2) is 0 Å². The molecule has 0 heterocycles. The minimum Gasteiger partial charge on any atom is -0.393 e. The molecule has 0 bridgehead atoms. The lowest BCUT2D eigenvalue weighted by molar-refractivity contribution is -0.152. The van der Waals surface area contributed by atoms with Crippen molar-refractivity contribution in [3.05, 3.63) is 0 Å². The van der Waals surface area contributed by atoms with Crippen molar-refractivity contribution in [3.8, 4) is 0 Å². The van der Waals surface area contributed by atoms with Gasteiger partial charge < -0.3 is 10.2 Å². The molecular formula is C28H50O2. The van der Waals surface area contributed by atoms with Crippen LogP contribution >= 0.6 is 0 Å². The Morgan fingerprint density at radius 3 is 2.30 bits per heavy atom. The fourth-order valence-corrected chi connectivity index (χ4v) is 9.48. The number of rotatable bonds is 6. The molecule has 0 amide bonds. The first-order chi connectivity index (χ1) is 14.2. The van der Waals surface area contributed by atoms with E-state index in [9.17, 15) is 10.2 Å². The van der Waals surface area contributed by atoms with Gasteiger partial charge in [0.1, 0.15) is 0 Å². The van der Waals surface area contributed by atoms with Crippen LogP contribution in [-0.4, -0.2) is 21.9 Å². The Kier molecular flexibility index (Phi) is 6.44. The van der Waals surface area contributed by atoms with E-state index in [1.807, 2.05) is 0 Å². The van der Waals surface area contributed by atoms with Crippen LogP contribution in [0.25, 0.3) is 0 Å². The molecule has 0 spiro atoms. The highest BCUT2D eigenvalue weighted by Crippen LogP contribution is 2.69. The first-order valence-corrected chi connectivity index (χ1v) is 13.6. The first kappa shape index (κ1) is 23.1. The summed E-state index contributed by atoms with van der Waals surface area (Å²) in [5.74, 6) is 5.09. The number of hydrogen-bond acceptors (Lipinski definition) is 2. The van der Waals surface area contributed by atoms with E-state index in [1.54, 1.807) is 0 Å². The lowest BCUT2D eigenvalue weighted by atomic mass is 9.43. The predicted octanol–water partition coefficient (Wildman–Crippen LogP) is 6.97. The smallest absolute Gasteiger partial charge is 0.0648 e. The normalized spacial score (nSPS) is 50.3. The van der Waals surface area contributed by atoms with Gasteiger partial charge in [0.25, 0.3) is 0 Å². The SMILES string of the molecule is CCC(O)CC[C@@H](C)[C@H]1CC[C@H]2[C@@H]3CC[C@H]4C[C@](O)(CC)CC[C@]4(C)[C@H]3CC[C@]12C. The van der Waals surface area contributed by atoms with Crippen LogP contribution in [-0.2, 0) is 0 Å². The quantitative estimate of drug-likeness (QED) is 0.489. The zero-order valence-corrected chi connectivity index (χ0v) is 20.6. The molecule has 30 heavy (non-hydrogen) atoms. The molecule has 0 aromatic heterocycles. The molecule has 4 rings (SSSR count). The second kappa shape index (κ2) is 8.36. The van der Waals surface area contributed by atoms with Gasteiger partial charge in [0, 0.05) is 0 Å². The van der Waals surface area contributed by atoms with Crippen LogP contribution in [0.5, 0.6) is 0 Å². The third kappa shape index (κ3) is 3.70. The Morgan fingerprint density at radius 1 is 0.867 bits per heavy atom. The molecular weight excluding hydrogens is 368 g/mol. The Morgan fingerprint density at radius 2 is 1.60 bits per heavy atom. The van der Waals surface area contributed by atoms with Crippen LogP contribution in [0.3, 0.4) is 0 Å². The van der Waals surface area contributed by atoms with Gasteiger partial charge in [0.2, 0.25) is 0 Å². The summed E-state index contributed by atoms with van der Waals surface area (Å²) in [7, 11) is 0. The molecule has 4 saturated carbocycles. The van der Waals surface area contributed by atoms with Gasteiger partial charge in [0.05, 0.1) is 11.7 Å². The van der Waals surface area contributed by atoms with E-state index in [-0.39, 0.29) is 11.7 Å². The predicted molar refractivity (Wildman–Crippen MR) is 125 cm³/mol. The molecule has 4 fully saturated rings. The second-order valence-electron chi connectivity index (χ2n) is 12.8. The fourth-order valence-electron chi connectivity index (χ4n) is 9.48. The average molecular weight is 419 g/mol. The second-order valence-corrected chi connectivity index (χ2v) is 12.8. The average Bonchev–Trinajstić information content (AvgIpc) is 3.09. The van der Waals surface area contributed by atoms with Crippen LogP contribution in [0.2, 0.25) is 0 Å². The van der Waals surface area contributed by atoms with Crippen LogP contribution in [0.15, 0.2) is 0 Å². The Bertz CT molecular complexity index is 603. The van der Waals surface area contributed by atoms with E-state index in [2.05, 4.69) is 34.6 Å². The third-order valence-electron chi connectivity index (χ3n) is 11.7. The molecule has 174 valence electrons. The number of aliphatic hydroxyl groups excluding tert-OH is 1. The van der Waals surface area contributed by atoms with E-state index >= 15 is 0 Å². The van der Waals surface area contributed by atoms with Crippen LogP contribution < -0.4 is 0 Å². The molecule has 2 nitrogen and oxygen atoms in total. The monoisotopic (exact) mass is 418 g/mol. The molecule has 0 aliphatic heterocycles. The zero-order valence-electron chi connectivity index (χ0n) is 20.6. The molecule has 0 aromatic rings. The highest BCUT2D eigenvalue weighted by molar-refractivity contribution is 5.10. The molecule has 0 saturated heterocycles. The zero-order chi connectivity index (χ0) is 21.7. The summed E-state index contributed by atoms with van der Waals surface area (Å²) in [6.07, 6.45) is 15.7. The standard InChI is InChI=1S/C28H50O2/c1-6-21(29)10-8-19(3)23-12-13-24-22-11-9-20-18-28(30,7-2)17-16-26(20,4)25(22)14-15-27(23,24)5/h19-25,29-30H,6-18H2,1-5H3/t19-,20+,21?,22+,23-,24+,25+,26+,27-,28+/m1/s1. The number of fused-ring (bicyclic) bond motifs is 5. The topological polar surface area (TPSA) is 40.5 Å². The summed E-state index contributed by atoms with van der Waals surface area (Å²) in [5, 5.41) is 21.1. The van der Waals surface area contributed by atoms with Gasteiger partial charge in [0.15, 0.2) is 0 Å². The third-order valence-corrected chi connectivity index (χ3v) is 11.7. The van der Waals surface area contributed by atoms with E-state index in [0.29, 0.717) is 10.8 Å². The molecule has 4 aliphatic carbocycles. The van der Waals surface area contributed by atoms with Crippen molar-refractivity contribution < 1.29 is 10.2 Å². The summed E-state index contributed by atoms with van der Waals surface area (Å²) in [6, 6.07) is 0. The first-order valence-electron chi connectivity index (χ1n) is 13.6. The summed E-state index contributed by atoms with van der Waals surface area (Å²) in [6.45, 7) is 12.0. The van der Waals surface area contributed by atoms with Gasteiger partial charge in [-0.15, -0.1) is 0 Å². The summed E-state index contributed by atoms with van der Waals surface area (Å²) in [4.78, 5) is 0. The largest absolute Gasteiger partial charge is 0.393 e. The fraction of sp³-hybridized carbons (Fsp3) is 1.00. The van der Waals surface area contributed by atoms with E-state index < -0.39 is 0 Å². The van der Waals surface area contributed by atoms with Crippen LogP contribution in [0.1, 0.15) is 118 Å². The number of hydrogen-bond donors (Lipinski definition) is 2. The maximum atomic E-state index is 11.0. The molecule has 0 radical (unpaired) electrons. The van der Waals surface area contributed by atoms with Crippen molar-refractivity contribution in [2.24, 2.45) is 46.3 Å². The van der Waals surface area contributed by atoms with Crippen LogP contribution in [0.4, 0.5) is 0 Å². The van der Waals surface area contributed by atoms with Crippen molar-refractivity contribution in [3.63, 3.8) is 0 Å². The molecule has 2 N–H and O–H groups in total. The maximum Gasteiger partial charge on any atom is 0.0648 e. The molecule has 10 atom stereocenters. The van der Waals surface area contributed by atoms with Crippen molar-refractivity contribution in [2.75, 3.05) is 0 Å². The summed E-state index contributed by atoms with van der Waals surface area (Å²) >= 11 is 0. The van der Waals surface area contributed by atoms with Gasteiger partial charge in [-0.2, -0.15) is 0 Å². The van der Waals surface area contributed by atoms with Gasteiger partial charge in [-0.05, 0) is 130 Å². The van der Waals surface area contributed by atoms with Gasteiger partial charge >= 0.3 is 0 Å². The summed E-state index contributed by atoms with van der Waals surface area (Å²) < 4.78 is 0. The summed E-state index contributed by atoms with van der Waals surface area (Å²) in [5.41, 5.74) is 0.623. The lowest BCUT2D eigenvalue weighted by Crippen LogP contribution is -2.56. The minimum absolute atomic E-state index is 0.100.